The molecule has 2 aromatic rings. The van der Waals surface area contributed by atoms with Crippen LogP contribution in [-0.4, -0.2) is 57.8 Å². The molecule has 22 heavy (non-hydrogen) atoms. The predicted molar refractivity (Wildman–Crippen MR) is 87.4 cm³/mol. The highest BCUT2D eigenvalue weighted by Crippen LogP contribution is 2.14. The molecule has 0 unspecified atom stereocenters. The summed E-state index contributed by atoms with van der Waals surface area (Å²) in [5.41, 5.74) is 1.23. The van der Waals surface area contributed by atoms with Crippen LogP contribution in [0.15, 0.2) is 24.5 Å². The molecule has 1 aliphatic rings. The number of piperazine rings is 1. The van der Waals surface area contributed by atoms with E-state index in [0.717, 1.165) is 38.4 Å². The summed E-state index contributed by atoms with van der Waals surface area (Å²) in [7, 11) is 0. The lowest BCUT2D eigenvalue weighted by Gasteiger charge is -2.35. The Morgan fingerprint density at radius 2 is 1.95 bits per heavy atom. The Morgan fingerprint density at radius 1 is 1.23 bits per heavy atom. The molecule has 3 rings (SSSR count). The van der Waals surface area contributed by atoms with E-state index in [2.05, 4.69) is 23.7 Å². The molecule has 1 saturated heterocycles. The van der Waals surface area contributed by atoms with Crippen LogP contribution in [0.3, 0.4) is 0 Å². The third-order valence-corrected chi connectivity index (χ3v) is 4.14. The summed E-state index contributed by atoms with van der Waals surface area (Å²) in [4.78, 5) is 21.3. The SMILES string of the molecule is CC(C)CN1CCN(C(=O)c2cn3cc(Cl)ccc3n2)CC1. The first-order valence-corrected chi connectivity index (χ1v) is 8.06. The third kappa shape index (κ3) is 3.25. The molecule has 0 saturated carbocycles. The van der Waals surface area contributed by atoms with E-state index in [1.54, 1.807) is 22.9 Å². The van der Waals surface area contributed by atoms with E-state index >= 15 is 0 Å². The summed E-state index contributed by atoms with van der Waals surface area (Å²) >= 11 is 5.96. The fourth-order valence-electron chi connectivity index (χ4n) is 2.88. The summed E-state index contributed by atoms with van der Waals surface area (Å²) in [6.45, 7) is 8.93. The second kappa shape index (κ2) is 6.26. The topological polar surface area (TPSA) is 40.9 Å². The molecule has 1 aliphatic heterocycles. The Bertz CT molecular complexity index is 674. The number of aromatic nitrogens is 2. The van der Waals surface area contributed by atoms with Crippen LogP contribution in [-0.2, 0) is 0 Å². The first-order chi connectivity index (χ1) is 10.5. The van der Waals surface area contributed by atoms with Gasteiger partial charge in [-0.05, 0) is 18.1 Å². The number of hydrogen-bond acceptors (Lipinski definition) is 3. The third-order valence-electron chi connectivity index (χ3n) is 3.92. The average Bonchev–Trinajstić information content (AvgIpc) is 2.89. The summed E-state index contributed by atoms with van der Waals surface area (Å²) in [6, 6.07) is 3.60. The number of carbonyl (C=O) groups excluding carboxylic acids is 1. The molecular weight excluding hydrogens is 300 g/mol. The van der Waals surface area contributed by atoms with Gasteiger partial charge in [-0.25, -0.2) is 4.98 Å². The predicted octanol–water partition coefficient (Wildman–Crippen LogP) is 2.40. The van der Waals surface area contributed by atoms with Crippen LogP contribution in [0.25, 0.3) is 5.65 Å². The van der Waals surface area contributed by atoms with Crippen LogP contribution >= 0.6 is 11.6 Å². The highest BCUT2D eigenvalue weighted by atomic mass is 35.5. The van der Waals surface area contributed by atoms with E-state index < -0.39 is 0 Å². The zero-order valence-electron chi connectivity index (χ0n) is 13.0. The fraction of sp³-hybridized carbons (Fsp3) is 0.500. The van der Waals surface area contributed by atoms with Crippen LogP contribution in [0.2, 0.25) is 5.02 Å². The van der Waals surface area contributed by atoms with Gasteiger partial charge in [0, 0.05) is 45.1 Å². The van der Waals surface area contributed by atoms with Crippen molar-refractivity contribution in [3.63, 3.8) is 0 Å². The minimum atomic E-state index is 0.00372. The van der Waals surface area contributed by atoms with Crippen molar-refractivity contribution in [2.75, 3.05) is 32.7 Å². The number of imidazole rings is 1. The van der Waals surface area contributed by atoms with Crippen molar-refractivity contribution in [3.8, 4) is 0 Å². The molecule has 0 spiro atoms. The van der Waals surface area contributed by atoms with E-state index in [1.807, 2.05) is 11.0 Å². The summed E-state index contributed by atoms with van der Waals surface area (Å²) < 4.78 is 1.80. The van der Waals surface area contributed by atoms with Crippen LogP contribution in [0.1, 0.15) is 24.3 Å². The minimum Gasteiger partial charge on any atom is -0.335 e. The molecule has 3 heterocycles. The number of fused-ring (bicyclic) bond motifs is 1. The van der Waals surface area contributed by atoms with E-state index in [9.17, 15) is 4.79 Å². The molecule has 0 N–H and O–H groups in total. The second-order valence-electron chi connectivity index (χ2n) is 6.23. The normalized spacial score (nSPS) is 16.6. The first kappa shape index (κ1) is 15.3. The average molecular weight is 321 g/mol. The molecule has 0 aromatic carbocycles. The lowest BCUT2D eigenvalue weighted by molar-refractivity contribution is 0.0619. The molecule has 2 aromatic heterocycles. The first-order valence-electron chi connectivity index (χ1n) is 7.69. The quantitative estimate of drug-likeness (QED) is 0.872. The number of rotatable bonds is 3. The van der Waals surface area contributed by atoms with Crippen molar-refractivity contribution in [2.24, 2.45) is 5.92 Å². The lowest BCUT2D eigenvalue weighted by atomic mass is 10.2. The maximum Gasteiger partial charge on any atom is 0.274 e. The van der Waals surface area contributed by atoms with E-state index in [4.69, 9.17) is 11.6 Å². The van der Waals surface area contributed by atoms with Crippen molar-refractivity contribution in [2.45, 2.75) is 13.8 Å². The van der Waals surface area contributed by atoms with Crippen molar-refractivity contribution in [1.29, 1.82) is 0 Å². The smallest absolute Gasteiger partial charge is 0.274 e. The van der Waals surface area contributed by atoms with Crippen molar-refractivity contribution >= 4 is 23.2 Å². The van der Waals surface area contributed by atoms with Crippen molar-refractivity contribution < 1.29 is 4.79 Å². The molecule has 1 fully saturated rings. The number of nitrogens with zero attached hydrogens (tertiary/aromatic N) is 4. The number of carbonyl (C=O) groups is 1. The van der Waals surface area contributed by atoms with Crippen LogP contribution < -0.4 is 0 Å². The molecule has 0 radical (unpaired) electrons. The zero-order chi connectivity index (χ0) is 15.7. The fourth-order valence-corrected chi connectivity index (χ4v) is 3.05. The molecule has 1 amide bonds. The monoisotopic (exact) mass is 320 g/mol. The van der Waals surface area contributed by atoms with Gasteiger partial charge in [0.05, 0.1) is 5.02 Å². The van der Waals surface area contributed by atoms with Crippen molar-refractivity contribution in [3.05, 3.63) is 35.2 Å². The highest BCUT2D eigenvalue weighted by Gasteiger charge is 2.24. The Morgan fingerprint density at radius 3 is 2.64 bits per heavy atom. The number of amides is 1. The maximum absolute atomic E-state index is 12.6. The summed E-state index contributed by atoms with van der Waals surface area (Å²) in [5.74, 6) is 0.662. The van der Waals surface area contributed by atoms with Gasteiger partial charge in [0.1, 0.15) is 11.3 Å². The molecule has 0 bridgehead atoms. The summed E-state index contributed by atoms with van der Waals surface area (Å²) in [6.07, 6.45) is 3.52. The van der Waals surface area contributed by atoms with Gasteiger partial charge in [-0.1, -0.05) is 25.4 Å². The second-order valence-corrected chi connectivity index (χ2v) is 6.66. The summed E-state index contributed by atoms with van der Waals surface area (Å²) in [5, 5.41) is 0.631. The van der Waals surface area contributed by atoms with Gasteiger partial charge in [0.15, 0.2) is 0 Å². The van der Waals surface area contributed by atoms with E-state index in [1.165, 1.54) is 0 Å². The highest BCUT2D eigenvalue weighted by molar-refractivity contribution is 6.30. The van der Waals surface area contributed by atoms with Gasteiger partial charge in [-0.15, -0.1) is 0 Å². The molecule has 5 nitrogen and oxygen atoms in total. The Hall–Kier alpha value is -1.59. The van der Waals surface area contributed by atoms with E-state index in [-0.39, 0.29) is 5.91 Å². The van der Waals surface area contributed by atoms with Crippen LogP contribution in [0.5, 0.6) is 0 Å². The molecule has 118 valence electrons. The largest absolute Gasteiger partial charge is 0.335 e. The molecular formula is C16H21ClN4O. The zero-order valence-corrected chi connectivity index (χ0v) is 13.8. The molecule has 0 atom stereocenters. The molecule has 0 aliphatic carbocycles. The van der Waals surface area contributed by atoms with Gasteiger partial charge in [-0.2, -0.15) is 0 Å². The van der Waals surface area contributed by atoms with Crippen LogP contribution in [0, 0.1) is 5.92 Å². The number of hydrogen-bond donors (Lipinski definition) is 0. The van der Waals surface area contributed by atoms with Crippen LogP contribution in [0.4, 0.5) is 0 Å². The van der Waals surface area contributed by atoms with Gasteiger partial charge in [0.25, 0.3) is 5.91 Å². The van der Waals surface area contributed by atoms with Gasteiger partial charge in [0.2, 0.25) is 0 Å². The molecule has 6 heteroatoms. The number of pyridine rings is 1. The standard InChI is InChI=1S/C16H21ClN4O/c1-12(2)9-19-5-7-20(8-6-19)16(22)14-11-21-10-13(17)3-4-15(21)18-14/h3-4,10-12H,5-9H2,1-2H3. The number of halogens is 1. The Labute approximate surface area is 135 Å². The van der Waals surface area contributed by atoms with Gasteiger partial charge < -0.3 is 9.30 Å². The maximum atomic E-state index is 12.6. The Kier molecular flexibility index (Phi) is 4.36. The minimum absolute atomic E-state index is 0.00372. The van der Waals surface area contributed by atoms with Gasteiger partial charge in [-0.3, -0.25) is 9.69 Å². The van der Waals surface area contributed by atoms with Crippen molar-refractivity contribution in [1.82, 2.24) is 19.2 Å². The van der Waals surface area contributed by atoms with E-state index in [0.29, 0.717) is 16.6 Å². The lowest BCUT2D eigenvalue weighted by Crippen LogP contribution is -2.49. The Balaban J connectivity index is 1.68. The van der Waals surface area contributed by atoms with Gasteiger partial charge >= 0.3 is 0 Å².